The Balaban J connectivity index is 1.56. The fourth-order valence-electron chi connectivity index (χ4n) is 2.69. The van der Waals surface area contributed by atoms with E-state index in [0.717, 1.165) is 5.56 Å². The zero-order valence-corrected chi connectivity index (χ0v) is 13.4. The van der Waals surface area contributed by atoms with Crippen LogP contribution in [0.2, 0.25) is 0 Å². The third-order valence-corrected chi connectivity index (χ3v) is 4.27. The van der Waals surface area contributed by atoms with Gasteiger partial charge in [0, 0.05) is 18.7 Å². The molecule has 0 bridgehead atoms. The van der Waals surface area contributed by atoms with Crippen molar-refractivity contribution in [3.63, 3.8) is 0 Å². The standard InChI is InChI=1S/C17H19N3O4/c1-17(15(21)22)7-8-20(11-17)16(23)18-9-13-10-24-14(19-13)12-5-3-2-4-6-12/h2-6,10H,7-9,11H2,1H3,(H,18,23)(H,21,22). The Hall–Kier alpha value is -2.83. The Morgan fingerprint density at radius 3 is 2.79 bits per heavy atom. The predicted molar refractivity (Wildman–Crippen MR) is 86.1 cm³/mol. The van der Waals surface area contributed by atoms with E-state index in [1.807, 2.05) is 30.3 Å². The molecule has 2 N–H and O–H groups in total. The number of nitrogens with zero attached hydrogens (tertiary/aromatic N) is 2. The minimum atomic E-state index is -0.873. The molecule has 0 saturated carbocycles. The fraction of sp³-hybridized carbons (Fsp3) is 0.353. The third-order valence-electron chi connectivity index (χ3n) is 4.27. The second kappa shape index (κ2) is 6.35. The van der Waals surface area contributed by atoms with E-state index in [0.29, 0.717) is 24.6 Å². The third kappa shape index (κ3) is 3.24. The second-order valence-electron chi connectivity index (χ2n) is 6.21. The number of aromatic nitrogens is 1. The molecule has 1 atom stereocenters. The summed E-state index contributed by atoms with van der Waals surface area (Å²) in [7, 11) is 0. The lowest BCUT2D eigenvalue weighted by Crippen LogP contribution is -2.40. The van der Waals surface area contributed by atoms with E-state index in [9.17, 15) is 14.7 Å². The molecular formula is C17H19N3O4. The minimum absolute atomic E-state index is 0.211. The predicted octanol–water partition coefficient (Wildman–Crippen LogP) is 2.35. The van der Waals surface area contributed by atoms with Crippen LogP contribution in [-0.2, 0) is 11.3 Å². The average molecular weight is 329 g/mol. The van der Waals surface area contributed by atoms with Gasteiger partial charge in [-0.1, -0.05) is 18.2 Å². The Bertz CT molecular complexity index is 743. The van der Waals surface area contributed by atoms with Crippen LogP contribution in [0.25, 0.3) is 11.5 Å². The van der Waals surface area contributed by atoms with Gasteiger partial charge in [-0.25, -0.2) is 9.78 Å². The van der Waals surface area contributed by atoms with Gasteiger partial charge in [0.15, 0.2) is 0 Å². The first-order valence-electron chi connectivity index (χ1n) is 7.74. The van der Waals surface area contributed by atoms with Gasteiger partial charge >= 0.3 is 12.0 Å². The molecule has 3 rings (SSSR count). The Morgan fingerprint density at radius 1 is 1.38 bits per heavy atom. The molecule has 0 radical (unpaired) electrons. The number of aliphatic carboxylic acids is 1. The molecule has 7 heteroatoms. The number of hydrogen-bond acceptors (Lipinski definition) is 4. The normalized spacial score (nSPS) is 20.1. The van der Waals surface area contributed by atoms with E-state index < -0.39 is 11.4 Å². The van der Waals surface area contributed by atoms with Crippen LogP contribution in [-0.4, -0.2) is 40.1 Å². The smallest absolute Gasteiger partial charge is 0.317 e. The molecule has 126 valence electrons. The van der Waals surface area contributed by atoms with Crippen LogP contribution in [0, 0.1) is 5.41 Å². The summed E-state index contributed by atoms with van der Waals surface area (Å²) in [5, 5.41) is 12.0. The zero-order valence-electron chi connectivity index (χ0n) is 13.4. The number of carboxylic acids is 1. The van der Waals surface area contributed by atoms with Crippen molar-refractivity contribution in [1.82, 2.24) is 15.2 Å². The van der Waals surface area contributed by atoms with Gasteiger partial charge in [0.2, 0.25) is 5.89 Å². The highest BCUT2D eigenvalue weighted by Gasteiger charge is 2.42. The van der Waals surface area contributed by atoms with Crippen molar-refractivity contribution in [3.8, 4) is 11.5 Å². The van der Waals surface area contributed by atoms with Crippen LogP contribution in [0.4, 0.5) is 4.79 Å². The largest absolute Gasteiger partial charge is 0.481 e. The van der Waals surface area contributed by atoms with Gasteiger partial charge in [-0.05, 0) is 25.5 Å². The van der Waals surface area contributed by atoms with E-state index >= 15 is 0 Å². The van der Waals surface area contributed by atoms with Crippen molar-refractivity contribution in [2.45, 2.75) is 19.9 Å². The van der Waals surface area contributed by atoms with E-state index in [4.69, 9.17) is 4.42 Å². The highest BCUT2D eigenvalue weighted by molar-refractivity contribution is 5.79. The molecule has 1 fully saturated rings. The second-order valence-corrected chi connectivity index (χ2v) is 6.21. The van der Waals surface area contributed by atoms with Crippen molar-refractivity contribution < 1.29 is 19.1 Å². The summed E-state index contributed by atoms with van der Waals surface area (Å²) in [5.74, 6) is -0.374. The van der Waals surface area contributed by atoms with Gasteiger partial charge in [0.05, 0.1) is 17.7 Å². The van der Waals surface area contributed by atoms with Crippen LogP contribution >= 0.6 is 0 Å². The molecule has 2 heterocycles. The molecular weight excluding hydrogens is 310 g/mol. The van der Waals surface area contributed by atoms with Crippen molar-refractivity contribution in [2.24, 2.45) is 5.41 Å². The highest BCUT2D eigenvalue weighted by atomic mass is 16.4. The van der Waals surface area contributed by atoms with E-state index in [1.165, 1.54) is 11.2 Å². The molecule has 2 amide bonds. The maximum absolute atomic E-state index is 12.2. The fourth-order valence-corrected chi connectivity index (χ4v) is 2.69. The lowest BCUT2D eigenvalue weighted by molar-refractivity contribution is -0.147. The summed E-state index contributed by atoms with van der Waals surface area (Å²) in [4.78, 5) is 29.3. The van der Waals surface area contributed by atoms with Crippen molar-refractivity contribution in [3.05, 3.63) is 42.3 Å². The number of urea groups is 1. The molecule has 1 aliphatic rings. The minimum Gasteiger partial charge on any atom is -0.481 e. The Kier molecular flexibility index (Phi) is 4.24. The summed E-state index contributed by atoms with van der Waals surface area (Å²) in [6.45, 7) is 2.53. The number of benzene rings is 1. The highest BCUT2D eigenvalue weighted by Crippen LogP contribution is 2.30. The molecule has 1 aliphatic heterocycles. The Morgan fingerprint density at radius 2 is 2.12 bits per heavy atom. The number of carboxylic acid groups (broad SMARTS) is 1. The van der Waals surface area contributed by atoms with Gasteiger partial charge in [0.1, 0.15) is 6.26 Å². The first-order valence-corrected chi connectivity index (χ1v) is 7.74. The molecule has 1 aromatic carbocycles. The number of likely N-dealkylation sites (tertiary alicyclic amines) is 1. The lowest BCUT2D eigenvalue weighted by Gasteiger charge is -2.20. The van der Waals surface area contributed by atoms with Crippen molar-refractivity contribution >= 4 is 12.0 Å². The van der Waals surface area contributed by atoms with Crippen LogP contribution in [0.5, 0.6) is 0 Å². The quantitative estimate of drug-likeness (QED) is 0.897. The summed E-state index contributed by atoms with van der Waals surface area (Å²) < 4.78 is 5.42. The summed E-state index contributed by atoms with van der Waals surface area (Å²) in [5.41, 5.74) is 0.611. The van der Waals surface area contributed by atoms with Crippen molar-refractivity contribution in [2.75, 3.05) is 13.1 Å². The molecule has 24 heavy (non-hydrogen) atoms. The van der Waals surface area contributed by atoms with Gasteiger partial charge in [-0.15, -0.1) is 0 Å². The number of nitrogens with one attached hydrogen (secondary N) is 1. The van der Waals surface area contributed by atoms with E-state index in [-0.39, 0.29) is 19.1 Å². The number of oxazole rings is 1. The maximum Gasteiger partial charge on any atom is 0.317 e. The number of rotatable bonds is 4. The maximum atomic E-state index is 12.2. The molecule has 7 nitrogen and oxygen atoms in total. The average Bonchev–Trinajstić information content (AvgIpc) is 3.21. The monoisotopic (exact) mass is 329 g/mol. The van der Waals surface area contributed by atoms with Gasteiger partial charge in [-0.2, -0.15) is 0 Å². The molecule has 0 spiro atoms. The van der Waals surface area contributed by atoms with Gasteiger partial charge in [0.25, 0.3) is 0 Å². The first kappa shape index (κ1) is 16.0. The molecule has 2 aromatic rings. The molecule has 1 aromatic heterocycles. The number of amides is 2. The van der Waals surface area contributed by atoms with Crippen LogP contribution in [0.1, 0.15) is 19.0 Å². The summed E-state index contributed by atoms with van der Waals surface area (Å²) >= 11 is 0. The van der Waals surface area contributed by atoms with Crippen LogP contribution < -0.4 is 5.32 Å². The number of carbonyl (C=O) groups excluding carboxylic acids is 1. The topological polar surface area (TPSA) is 95.7 Å². The summed E-state index contributed by atoms with van der Waals surface area (Å²) in [6.07, 6.45) is 1.96. The van der Waals surface area contributed by atoms with Gasteiger partial charge < -0.3 is 19.7 Å². The van der Waals surface area contributed by atoms with Crippen molar-refractivity contribution in [1.29, 1.82) is 0 Å². The van der Waals surface area contributed by atoms with Crippen LogP contribution in [0.3, 0.4) is 0 Å². The number of hydrogen-bond donors (Lipinski definition) is 2. The molecule has 1 saturated heterocycles. The lowest BCUT2D eigenvalue weighted by atomic mass is 9.90. The Labute approximate surface area is 139 Å². The number of carbonyl (C=O) groups is 2. The van der Waals surface area contributed by atoms with Crippen LogP contribution in [0.15, 0.2) is 41.0 Å². The summed E-state index contributed by atoms with van der Waals surface area (Å²) in [6, 6.07) is 9.20. The van der Waals surface area contributed by atoms with E-state index in [1.54, 1.807) is 6.92 Å². The molecule has 1 unspecified atom stereocenters. The molecule has 0 aliphatic carbocycles. The van der Waals surface area contributed by atoms with E-state index in [2.05, 4.69) is 10.3 Å². The zero-order chi connectivity index (χ0) is 17.2. The SMILES string of the molecule is CC1(C(=O)O)CCN(C(=O)NCc2coc(-c3ccccc3)n2)C1. The van der Waals surface area contributed by atoms with Gasteiger partial charge in [-0.3, -0.25) is 4.79 Å². The first-order chi connectivity index (χ1) is 11.5.